The fourth-order valence-electron chi connectivity index (χ4n) is 6.93. The first-order valence-electron chi connectivity index (χ1n) is 13.1. The van der Waals surface area contributed by atoms with Crippen molar-refractivity contribution in [2.24, 2.45) is 5.92 Å². The second-order valence-electron chi connectivity index (χ2n) is 11.2. The smallest absolute Gasteiger partial charge is 0.266 e. The number of amides is 1. The van der Waals surface area contributed by atoms with E-state index in [0.29, 0.717) is 60.1 Å². The minimum Gasteiger partial charge on any atom is -0.370 e. The highest BCUT2D eigenvalue weighted by Crippen LogP contribution is 2.52. The molecule has 2 aliphatic carbocycles. The third-order valence-electron chi connectivity index (χ3n) is 8.85. The van der Waals surface area contributed by atoms with Gasteiger partial charge in [-0.05, 0) is 79.2 Å². The summed E-state index contributed by atoms with van der Waals surface area (Å²) in [5, 5.41) is 9.83. The van der Waals surface area contributed by atoms with Crippen molar-refractivity contribution in [1.82, 2.24) is 15.6 Å². The molecule has 5 aliphatic rings. The van der Waals surface area contributed by atoms with Crippen LogP contribution in [0.3, 0.4) is 0 Å². The zero-order valence-electron chi connectivity index (χ0n) is 20.0. The molecule has 2 unspecified atom stereocenters. The van der Waals surface area contributed by atoms with Crippen molar-refractivity contribution in [3.8, 4) is 0 Å². The number of anilines is 2. The van der Waals surface area contributed by atoms with Crippen molar-refractivity contribution in [3.05, 3.63) is 52.0 Å². The van der Waals surface area contributed by atoms with Crippen molar-refractivity contribution in [1.29, 1.82) is 0 Å². The molecular weight excluding hydrogens is 467 g/mol. The summed E-state index contributed by atoms with van der Waals surface area (Å²) >= 11 is 0. The molecule has 3 N–H and O–H groups in total. The van der Waals surface area contributed by atoms with Crippen LogP contribution >= 0.6 is 0 Å². The number of nitrogens with zero attached hydrogens (tertiary/aromatic N) is 2. The van der Waals surface area contributed by atoms with Crippen LogP contribution in [0.5, 0.6) is 0 Å². The zero-order chi connectivity index (χ0) is 24.6. The van der Waals surface area contributed by atoms with Crippen molar-refractivity contribution in [2.45, 2.75) is 69.0 Å². The molecule has 7 rings (SSSR count). The van der Waals surface area contributed by atoms with Gasteiger partial charge in [-0.2, -0.15) is 0 Å². The van der Waals surface area contributed by atoms with Crippen LogP contribution in [0.4, 0.5) is 24.7 Å². The highest BCUT2D eigenvalue weighted by atomic mass is 19.3. The molecule has 1 saturated carbocycles. The summed E-state index contributed by atoms with van der Waals surface area (Å²) in [5.74, 6) is 1.26. The van der Waals surface area contributed by atoms with Crippen LogP contribution in [-0.2, 0) is 12.8 Å². The van der Waals surface area contributed by atoms with Crippen LogP contribution in [0.1, 0.15) is 70.6 Å². The Morgan fingerprint density at radius 1 is 1.14 bits per heavy atom. The van der Waals surface area contributed by atoms with Crippen LogP contribution in [-0.4, -0.2) is 48.7 Å². The molecule has 6 nitrogen and oxygen atoms in total. The number of fused-ring (bicyclic) bond motifs is 6. The number of benzene rings is 1. The maximum atomic E-state index is 15.4. The molecule has 9 heteroatoms. The molecule has 2 aromatic rings. The molecule has 1 aromatic heterocycles. The average Bonchev–Trinajstić information content (AvgIpc) is 3.60. The lowest BCUT2D eigenvalue weighted by Crippen LogP contribution is -2.51. The summed E-state index contributed by atoms with van der Waals surface area (Å²) in [6.45, 7) is 2.18. The molecule has 1 aromatic carbocycles. The van der Waals surface area contributed by atoms with E-state index < -0.39 is 12.2 Å². The molecule has 5 atom stereocenters. The number of carbonyl (C=O) groups excluding carboxylic acids is 1. The third-order valence-corrected chi connectivity index (χ3v) is 8.85. The summed E-state index contributed by atoms with van der Waals surface area (Å²) < 4.78 is 44.1. The van der Waals surface area contributed by atoms with Gasteiger partial charge in [0.15, 0.2) is 0 Å². The maximum absolute atomic E-state index is 15.4. The van der Waals surface area contributed by atoms with Crippen LogP contribution < -0.4 is 20.9 Å². The van der Waals surface area contributed by atoms with Crippen LogP contribution in [0.25, 0.3) is 0 Å². The molecule has 3 fully saturated rings. The molecule has 0 spiro atoms. The van der Waals surface area contributed by atoms with Gasteiger partial charge in [-0.15, -0.1) is 0 Å². The second kappa shape index (κ2) is 8.36. The molecule has 36 heavy (non-hydrogen) atoms. The first-order chi connectivity index (χ1) is 17.4. The maximum Gasteiger partial charge on any atom is 0.266 e. The Morgan fingerprint density at radius 2 is 1.94 bits per heavy atom. The van der Waals surface area contributed by atoms with Gasteiger partial charge in [0.1, 0.15) is 11.6 Å². The Kier molecular flexibility index (Phi) is 5.20. The van der Waals surface area contributed by atoms with Crippen LogP contribution in [0, 0.1) is 11.7 Å². The van der Waals surface area contributed by atoms with Gasteiger partial charge in [0.25, 0.3) is 12.3 Å². The fraction of sp³-hybridized carbons (Fsp3) is 0.556. The second-order valence-corrected chi connectivity index (χ2v) is 11.2. The van der Waals surface area contributed by atoms with Crippen LogP contribution in [0.2, 0.25) is 0 Å². The predicted octanol–water partition coefficient (Wildman–Crippen LogP) is 3.92. The van der Waals surface area contributed by atoms with E-state index in [4.69, 9.17) is 0 Å². The molecule has 4 heterocycles. The lowest BCUT2D eigenvalue weighted by atomic mass is 9.83. The number of alkyl halides is 2. The van der Waals surface area contributed by atoms with Crippen LogP contribution in [0.15, 0.2) is 18.3 Å². The van der Waals surface area contributed by atoms with Gasteiger partial charge in [-0.1, -0.05) is 0 Å². The lowest BCUT2D eigenvalue weighted by molar-refractivity contribution is 0.0932. The SMILES string of the molecule is O=C(N[C@H]1CCc2c(c(F)cc(N3CC4CCC(C3)N4)c2C(F)F)C1)c1cnc2c(c1)[C@@H]1C[C@@H]1CN2. The number of halogens is 3. The van der Waals surface area contributed by atoms with Crippen molar-refractivity contribution in [3.63, 3.8) is 0 Å². The van der Waals surface area contributed by atoms with Gasteiger partial charge in [0.05, 0.1) is 5.56 Å². The summed E-state index contributed by atoms with van der Waals surface area (Å²) in [6.07, 6.45) is 3.10. The van der Waals surface area contributed by atoms with E-state index in [0.717, 1.165) is 37.2 Å². The topological polar surface area (TPSA) is 69.3 Å². The molecular formula is C27H30F3N5O. The molecule has 3 aliphatic heterocycles. The van der Waals surface area contributed by atoms with Gasteiger partial charge in [-0.3, -0.25) is 4.79 Å². The lowest BCUT2D eigenvalue weighted by Gasteiger charge is -2.37. The Labute approximate surface area is 208 Å². The number of piperazine rings is 1. The van der Waals surface area contributed by atoms with E-state index in [1.165, 1.54) is 6.07 Å². The monoisotopic (exact) mass is 497 g/mol. The largest absolute Gasteiger partial charge is 0.370 e. The number of pyridine rings is 1. The fourth-order valence-corrected chi connectivity index (χ4v) is 6.93. The first kappa shape index (κ1) is 22.4. The van der Waals surface area contributed by atoms with E-state index in [-0.39, 0.29) is 36.0 Å². The number of carbonyl (C=O) groups is 1. The number of hydrogen-bond acceptors (Lipinski definition) is 5. The molecule has 1 amide bonds. The highest BCUT2D eigenvalue weighted by molar-refractivity contribution is 5.94. The van der Waals surface area contributed by atoms with Crippen molar-refractivity contribution >= 4 is 17.4 Å². The molecule has 2 saturated heterocycles. The van der Waals surface area contributed by atoms with E-state index in [9.17, 15) is 13.6 Å². The summed E-state index contributed by atoms with van der Waals surface area (Å²) in [7, 11) is 0. The third kappa shape index (κ3) is 3.74. The predicted molar refractivity (Wildman–Crippen MR) is 130 cm³/mol. The Bertz CT molecular complexity index is 1220. The Hall–Kier alpha value is -2.81. The molecule has 2 bridgehead atoms. The minimum atomic E-state index is -2.67. The van der Waals surface area contributed by atoms with Gasteiger partial charge in [-0.25, -0.2) is 18.2 Å². The Balaban J connectivity index is 1.12. The highest BCUT2D eigenvalue weighted by Gasteiger charge is 2.43. The molecule has 0 radical (unpaired) electrons. The number of aromatic nitrogens is 1. The average molecular weight is 498 g/mol. The minimum absolute atomic E-state index is 0.0251. The Morgan fingerprint density at radius 3 is 2.72 bits per heavy atom. The van der Waals surface area contributed by atoms with E-state index >= 15 is 4.39 Å². The standard InChI is InChI=1S/C27H30F3N5O/c28-22-8-23(35-11-16-1-2-17(12-35)33-16)24(25(29)30)18-4-3-15(7-20(18)22)34-27(36)14-6-21-19-5-13(19)9-31-26(21)32-10-14/h6,8,10,13,15-17,19,25,33H,1-5,7,9,11-12H2,(H,31,32)(H,34,36)/t13-,15+,16?,17?,19-/m1/s1. The van der Waals surface area contributed by atoms with Crippen molar-refractivity contribution in [2.75, 3.05) is 29.9 Å². The van der Waals surface area contributed by atoms with E-state index in [1.807, 2.05) is 11.0 Å². The number of hydrogen-bond donors (Lipinski definition) is 3. The number of rotatable bonds is 4. The summed E-state index contributed by atoms with van der Waals surface area (Å²) in [6, 6.07) is 3.45. The summed E-state index contributed by atoms with van der Waals surface area (Å²) in [5.41, 5.74) is 2.65. The van der Waals surface area contributed by atoms with Gasteiger partial charge in [0.2, 0.25) is 0 Å². The van der Waals surface area contributed by atoms with Gasteiger partial charge >= 0.3 is 0 Å². The first-order valence-corrected chi connectivity index (χ1v) is 13.1. The zero-order valence-corrected chi connectivity index (χ0v) is 20.0. The quantitative estimate of drug-likeness (QED) is 0.598. The normalized spacial score (nSPS) is 29.8. The van der Waals surface area contributed by atoms with E-state index in [2.05, 4.69) is 20.9 Å². The number of nitrogens with one attached hydrogen (secondary N) is 3. The summed E-state index contributed by atoms with van der Waals surface area (Å²) in [4.78, 5) is 19.4. The van der Waals surface area contributed by atoms with E-state index in [1.54, 1.807) is 6.20 Å². The molecule has 190 valence electrons. The van der Waals surface area contributed by atoms with Crippen molar-refractivity contribution < 1.29 is 18.0 Å². The van der Waals surface area contributed by atoms with Gasteiger partial charge < -0.3 is 20.9 Å². The van der Waals surface area contributed by atoms with Gasteiger partial charge in [0, 0.05) is 55.2 Å².